The molecule has 0 saturated carbocycles. The zero-order valence-corrected chi connectivity index (χ0v) is 12.6. The van der Waals surface area contributed by atoms with E-state index in [4.69, 9.17) is 0 Å². The molecule has 0 spiro atoms. The molecule has 0 aliphatic rings. The lowest BCUT2D eigenvalue weighted by molar-refractivity contribution is 0.101. The average molecular weight is 322 g/mol. The molecule has 0 aliphatic heterocycles. The quantitative estimate of drug-likeness (QED) is 0.801. The Balaban J connectivity index is 1.91. The molecule has 114 valence electrons. The number of hydrogen-bond acceptors (Lipinski definition) is 4. The van der Waals surface area contributed by atoms with Crippen LogP contribution >= 0.6 is 11.3 Å². The van der Waals surface area contributed by atoms with Gasteiger partial charge in [-0.05, 0) is 26.0 Å². The highest BCUT2D eigenvalue weighted by atomic mass is 32.1. The van der Waals surface area contributed by atoms with Crippen LogP contribution in [0.2, 0.25) is 0 Å². The third-order valence-electron chi connectivity index (χ3n) is 3.03. The summed E-state index contributed by atoms with van der Waals surface area (Å²) in [5.74, 6) is -1.82. The van der Waals surface area contributed by atoms with E-state index in [-0.39, 0.29) is 16.7 Å². The lowest BCUT2D eigenvalue weighted by Crippen LogP contribution is -2.18. The summed E-state index contributed by atoms with van der Waals surface area (Å²) in [7, 11) is 0. The molecular formula is C14H12F2N4OS. The number of benzene rings is 1. The molecule has 2 heterocycles. The van der Waals surface area contributed by atoms with Gasteiger partial charge in [-0.25, -0.2) is 13.8 Å². The van der Waals surface area contributed by atoms with Gasteiger partial charge in [-0.3, -0.25) is 14.8 Å². The van der Waals surface area contributed by atoms with Gasteiger partial charge < -0.3 is 0 Å². The van der Waals surface area contributed by atoms with E-state index in [0.717, 1.165) is 17.4 Å². The number of fused-ring (bicyclic) bond motifs is 1. The highest BCUT2D eigenvalue weighted by Crippen LogP contribution is 2.29. The van der Waals surface area contributed by atoms with Crippen LogP contribution in [-0.2, 0) is 0 Å². The van der Waals surface area contributed by atoms with Crippen molar-refractivity contribution in [2.24, 2.45) is 0 Å². The van der Waals surface area contributed by atoms with Gasteiger partial charge in [0.05, 0.1) is 4.70 Å². The first-order valence-corrected chi connectivity index (χ1v) is 7.38. The molecule has 0 bridgehead atoms. The number of anilines is 1. The number of rotatable bonds is 3. The Labute approximate surface area is 128 Å². The number of hydrogen-bond donors (Lipinski definition) is 1. The van der Waals surface area contributed by atoms with Crippen molar-refractivity contribution in [3.05, 3.63) is 41.7 Å². The maximum Gasteiger partial charge on any atom is 0.275 e. The highest BCUT2D eigenvalue weighted by molar-refractivity contribution is 7.22. The fourth-order valence-electron chi connectivity index (χ4n) is 2.08. The van der Waals surface area contributed by atoms with Crippen LogP contribution in [0, 0.1) is 11.6 Å². The second-order valence-electron chi connectivity index (χ2n) is 4.96. The van der Waals surface area contributed by atoms with E-state index in [2.05, 4.69) is 15.4 Å². The van der Waals surface area contributed by atoms with Crippen molar-refractivity contribution in [3.63, 3.8) is 0 Å². The van der Waals surface area contributed by atoms with Gasteiger partial charge in [-0.1, -0.05) is 11.3 Å². The molecule has 2 aromatic heterocycles. The fourth-order valence-corrected chi connectivity index (χ4v) is 2.98. The van der Waals surface area contributed by atoms with E-state index >= 15 is 0 Å². The van der Waals surface area contributed by atoms with Crippen LogP contribution in [-0.4, -0.2) is 20.7 Å². The molecule has 0 radical (unpaired) electrons. The molecule has 1 amide bonds. The Kier molecular flexibility index (Phi) is 3.61. The first kappa shape index (κ1) is 14.6. The predicted molar refractivity (Wildman–Crippen MR) is 80.1 cm³/mol. The van der Waals surface area contributed by atoms with Crippen LogP contribution in [0.1, 0.15) is 30.4 Å². The smallest absolute Gasteiger partial charge is 0.275 e. The molecule has 1 N–H and O–H groups in total. The third-order valence-corrected chi connectivity index (χ3v) is 3.94. The van der Waals surface area contributed by atoms with Crippen molar-refractivity contribution in [1.82, 2.24) is 14.8 Å². The van der Waals surface area contributed by atoms with E-state index in [0.29, 0.717) is 10.4 Å². The van der Waals surface area contributed by atoms with Gasteiger partial charge in [0.1, 0.15) is 17.0 Å². The van der Waals surface area contributed by atoms with Crippen LogP contribution in [0.3, 0.4) is 0 Å². The van der Waals surface area contributed by atoms with E-state index in [1.165, 1.54) is 12.3 Å². The lowest BCUT2D eigenvalue weighted by atomic mass is 10.3. The molecule has 3 aromatic rings. The van der Waals surface area contributed by atoms with Crippen molar-refractivity contribution in [1.29, 1.82) is 0 Å². The number of amides is 1. The number of carbonyl (C=O) groups is 1. The average Bonchev–Trinajstić information content (AvgIpc) is 3.04. The zero-order chi connectivity index (χ0) is 15.9. The van der Waals surface area contributed by atoms with Crippen LogP contribution in [0.4, 0.5) is 13.9 Å². The maximum atomic E-state index is 13.6. The first-order valence-electron chi connectivity index (χ1n) is 6.56. The fraction of sp³-hybridized carbons (Fsp3) is 0.214. The van der Waals surface area contributed by atoms with Crippen LogP contribution in [0.5, 0.6) is 0 Å². The second kappa shape index (κ2) is 5.45. The van der Waals surface area contributed by atoms with Gasteiger partial charge in [0.25, 0.3) is 5.91 Å². The summed E-state index contributed by atoms with van der Waals surface area (Å²) in [5.41, 5.74) is 0.417. The van der Waals surface area contributed by atoms with Crippen molar-refractivity contribution in [2.45, 2.75) is 19.9 Å². The Morgan fingerprint density at radius 1 is 1.36 bits per heavy atom. The Bertz CT molecular complexity index is 856. The van der Waals surface area contributed by atoms with Crippen molar-refractivity contribution in [3.8, 4) is 0 Å². The highest BCUT2D eigenvalue weighted by Gasteiger charge is 2.17. The first-order chi connectivity index (χ1) is 10.5. The van der Waals surface area contributed by atoms with Gasteiger partial charge >= 0.3 is 0 Å². The summed E-state index contributed by atoms with van der Waals surface area (Å²) >= 11 is 1.01. The van der Waals surface area contributed by atoms with Crippen molar-refractivity contribution < 1.29 is 13.6 Å². The molecule has 22 heavy (non-hydrogen) atoms. The standard InChI is InChI=1S/C14H12F2N4OS/c1-7(2)20-10(3-4-17-20)13(21)19-14-18-12-9(16)5-8(15)6-11(12)22-14/h3-7H,1-2H3,(H,18,19,21). The molecule has 0 atom stereocenters. The molecule has 8 heteroatoms. The minimum absolute atomic E-state index is 0.0256. The molecule has 0 unspecified atom stereocenters. The van der Waals surface area contributed by atoms with Crippen molar-refractivity contribution in [2.75, 3.05) is 5.32 Å². The summed E-state index contributed by atoms with van der Waals surface area (Å²) in [4.78, 5) is 16.2. The number of thiazole rings is 1. The normalized spacial score (nSPS) is 11.3. The Hall–Kier alpha value is -2.35. The van der Waals surface area contributed by atoms with Gasteiger partial charge in [0, 0.05) is 18.3 Å². The van der Waals surface area contributed by atoms with E-state index in [9.17, 15) is 13.6 Å². The molecule has 0 saturated heterocycles. The van der Waals surface area contributed by atoms with E-state index < -0.39 is 17.5 Å². The summed E-state index contributed by atoms with van der Waals surface area (Å²) < 4.78 is 28.7. The third kappa shape index (κ3) is 2.57. The van der Waals surface area contributed by atoms with E-state index in [1.807, 2.05) is 13.8 Å². The van der Waals surface area contributed by atoms with Crippen LogP contribution in [0.15, 0.2) is 24.4 Å². The molecular weight excluding hydrogens is 310 g/mol. The maximum absolute atomic E-state index is 13.6. The monoisotopic (exact) mass is 322 g/mol. The number of carbonyl (C=O) groups excluding carboxylic acids is 1. The Morgan fingerprint density at radius 2 is 2.14 bits per heavy atom. The lowest BCUT2D eigenvalue weighted by Gasteiger charge is -2.09. The summed E-state index contributed by atoms with van der Waals surface area (Å²) in [6.45, 7) is 3.80. The largest absolute Gasteiger partial charge is 0.296 e. The number of halogens is 2. The topological polar surface area (TPSA) is 59.8 Å². The molecule has 0 fully saturated rings. The number of nitrogens with zero attached hydrogens (tertiary/aromatic N) is 3. The van der Waals surface area contributed by atoms with Crippen LogP contribution in [0.25, 0.3) is 10.2 Å². The molecule has 3 rings (SSSR count). The number of nitrogens with one attached hydrogen (secondary N) is 1. The second-order valence-corrected chi connectivity index (χ2v) is 5.99. The molecule has 0 aliphatic carbocycles. The SMILES string of the molecule is CC(C)n1nccc1C(=O)Nc1nc2c(F)cc(F)cc2s1. The van der Waals surface area contributed by atoms with E-state index in [1.54, 1.807) is 10.7 Å². The molecule has 1 aromatic carbocycles. The molecule has 5 nitrogen and oxygen atoms in total. The van der Waals surface area contributed by atoms with Gasteiger partial charge in [-0.15, -0.1) is 0 Å². The number of aromatic nitrogens is 3. The van der Waals surface area contributed by atoms with Crippen LogP contribution < -0.4 is 5.32 Å². The minimum Gasteiger partial charge on any atom is -0.296 e. The zero-order valence-electron chi connectivity index (χ0n) is 11.8. The summed E-state index contributed by atoms with van der Waals surface area (Å²) in [6, 6.07) is 3.56. The van der Waals surface area contributed by atoms with Gasteiger partial charge in [-0.2, -0.15) is 5.10 Å². The summed E-state index contributed by atoms with van der Waals surface area (Å²) in [6.07, 6.45) is 1.53. The van der Waals surface area contributed by atoms with Gasteiger partial charge in [0.2, 0.25) is 0 Å². The summed E-state index contributed by atoms with van der Waals surface area (Å²) in [5, 5.41) is 6.88. The van der Waals surface area contributed by atoms with Crippen molar-refractivity contribution >= 4 is 32.6 Å². The minimum atomic E-state index is -0.751. The predicted octanol–water partition coefficient (Wildman–Crippen LogP) is 3.60. The Morgan fingerprint density at radius 3 is 2.86 bits per heavy atom. The van der Waals surface area contributed by atoms with Gasteiger partial charge in [0.15, 0.2) is 10.9 Å².